The monoisotopic (exact) mass is 366 g/mol. The molecule has 0 bridgehead atoms. The maximum Gasteiger partial charge on any atom is 0.259 e. The van der Waals surface area contributed by atoms with E-state index in [4.69, 9.17) is 10.5 Å². The van der Waals surface area contributed by atoms with E-state index in [9.17, 15) is 4.79 Å². The van der Waals surface area contributed by atoms with E-state index in [2.05, 4.69) is 24.3 Å². The Morgan fingerprint density at radius 1 is 1.32 bits per heavy atom. The number of nitrogens with zero attached hydrogens (tertiary/aromatic N) is 2. The highest BCUT2D eigenvalue weighted by Gasteiger charge is 2.16. The molecule has 0 saturated carbocycles. The number of carbonyl (C=O) groups excluding carboxylic acids is 1. The molecule has 0 saturated heterocycles. The first-order valence-electron chi connectivity index (χ1n) is 8.34. The highest BCUT2D eigenvalue weighted by molar-refractivity contribution is 6.04. The van der Waals surface area contributed by atoms with Gasteiger partial charge in [0.15, 0.2) is 0 Å². The van der Waals surface area contributed by atoms with Crippen molar-refractivity contribution in [3.05, 3.63) is 41.7 Å². The van der Waals surface area contributed by atoms with Crippen molar-refractivity contribution in [1.82, 2.24) is 9.78 Å². The summed E-state index contributed by atoms with van der Waals surface area (Å²) in [6.07, 6.45) is 2.41. The van der Waals surface area contributed by atoms with E-state index in [0.29, 0.717) is 24.6 Å². The van der Waals surface area contributed by atoms with E-state index in [-0.39, 0.29) is 18.3 Å². The first-order chi connectivity index (χ1) is 11.5. The lowest BCUT2D eigenvalue weighted by Gasteiger charge is -2.11. The number of nitrogens with two attached hydrogens (primary N) is 1. The molecule has 25 heavy (non-hydrogen) atoms. The van der Waals surface area contributed by atoms with Crippen LogP contribution in [0.25, 0.3) is 0 Å². The van der Waals surface area contributed by atoms with Crippen LogP contribution in [-0.4, -0.2) is 28.8 Å². The largest absolute Gasteiger partial charge is 0.492 e. The first kappa shape index (κ1) is 21.0. The molecule has 138 valence electrons. The Hall–Kier alpha value is -2.05. The third-order valence-electron chi connectivity index (χ3n) is 3.57. The summed E-state index contributed by atoms with van der Waals surface area (Å²) in [6.45, 7) is 8.06. The molecule has 1 aromatic carbocycles. The predicted octanol–water partition coefficient (Wildman–Crippen LogP) is 3.11. The van der Waals surface area contributed by atoms with Crippen LogP contribution in [0.4, 0.5) is 5.69 Å². The second-order valence-electron chi connectivity index (χ2n) is 6.05. The number of benzene rings is 1. The molecule has 2 aromatic rings. The summed E-state index contributed by atoms with van der Waals surface area (Å²) in [5.74, 6) is 1.07. The fourth-order valence-electron chi connectivity index (χ4n) is 2.49. The quantitative estimate of drug-likeness (QED) is 0.752. The normalized spacial score (nSPS) is 10.4. The molecule has 2 rings (SSSR count). The molecule has 1 amide bonds. The topological polar surface area (TPSA) is 82.2 Å². The van der Waals surface area contributed by atoms with Crippen LogP contribution in [0.3, 0.4) is 0 Å². The molecular formula is C18H27ClN4O2. The van der Waals surface area contributed by atoms with Gasteiger partial charge in [-0.05, 0) is 36.6 Å². The van der Waals surface area contributed by atoms with E-state index in [1.165, 1.54) is 0 Å². The smallest absolute Gasteiger partial charge is 0.259 e. The predicted molar refractivity (Wildman–Crippen MR) is 103 cm³/mol. The van der Waals surface area contributed by atoms with Crippen LogP contribution in [-0.2, 0) is 13.0 Å². The van der Waals surface area contributed by atoms with Gasteiger partial charge in [-0.25, -0.2) is 0 Å². The van der Waals surface area contributed by atoms with Gasteiger partial charge >= 0.3 is 0 Å². The molecule has 1 heterocycles. The second-order valence-corrected chi connectivity index (χ2v) is 6.05. The van der Waals surface area contributed by atoms with E-state index in [1.807, 2.05) is 35.9 Å². The van der Waals surface area contributed by atoms with Crippen molar-refractivity contribution in [3.63, 3.8) is 0 Å². The van der Waals surface area contributed by atoms with Crippen LogP contribution in [0.15, 0.2) is 30.5 Å². The summed E-state index contributed by atoms with van der Waals surface area (Å²) >= 11 is 0. The number of halogens is 1. The molecule has 0 unspecified atom stereocenters. The van der Waals surface area contributed by atoms with Crippen LogP contribution >= 0.6 is 12.4 Å². The molecule has 0 radical (unpaired) electrons. The van der Waals surface area contributed by atoms with E-state index >= 15 is 0 Å². The van der Waals surface area contributed by atoms with Crippen molar-refractivity contribution >= 4 is 24.0 Å². The lowest BCUT2D eigenvalue weighted by atomic mass is 10.1. The van der Waals surface area contributed by atoms with Crippen LogP contribution in [0, 0.1) is 5.92 Å². The van der Waals surface area contributed by atoms with Gasteiger partial charge in [-0.15, -0.1) is 12.4 Å². The van der Waals surface area contributed by atoms with Gasteiger partial charge in [-0.1, -0.05) is 20.8 Å². The average molecular weight is 367 g/mol. The number of hydrogen-bond donors (Lipinski definition) is 2. The molecule has 0 aliphatic heterocycles. The lowest BCUT2D eigenvalue weighted by Crippen LogP contribution is -2.15. The van der Waals surface area contributed by atoms with E-state index in [0.717, 1.165) is 30.1 Å². The van der Waals surface area contributed by atoms with Gasteiger partial charge in [0.25, 0.3) is 5.91 Å². The summed E-state index contributed by atoms with van der Waals surface area (Å²) in [5, 5.41) is 7.27. The zero-order valence-corrected chi connectivity index (χ0v) is 15.8. The minimum atomic E-state index is -0.141. The maximum atomic E-state index is 12.5. The molecular weight excluding hydrogens is 340 g/mol. The van der Waals surface area contributed by atoms with Gasteiger partial charge in [0.1, 0.15) is 12.4 Å². The Labute approximate surface area is 155 Å². The molecule has 3 N–H and O–H groups in total. The fraction of sp³-hybridized carbons (Fsp3) is 0.444. The summed E-state index contributed by atoms with van der Waals surface area (Å²) in [4.78, 5) is 12.5. The average Bonchev–Trinajstić information content (AvgIpc) is 2.96. The first-order valence-corrected chi connectivity index (χ1v) is 8.34. The van der Waals surface area contributed by atoms with Crippen molar-refractivity contribution in [2.24, 2.45) is 11.7 Å². The standard InChI is InChI=1S/C18H26N4O2.ClH/c1-4-17-16(11-20-22(17)12-13(2)3)18(23)21-14-5-7-15(8-6-14)24-10-9-19;/h5-8,11,13H,4,9-10,12,19H2,1-3H3,(H,21,23);1H. The molecule has 1 aromatic heterocycles. The zero-order chi connectivity index (χ0) is 17.5. The van der Waals surface area contributed by atoms with Crippen LogP contribution < -0.4 is 15.8 Å². The van der Waals surface area contributed by atoms with E-state index in [1.54, 1.807) is 6.20 Å². The Balaban J connectivity index is 0.00000312. The van der Waals surface area contributed by atoms with Crippen LogP contribution in [0.1, 0.15) is 36.8 Å². The van der Waals surface area contributed by atoms with Crippen molar-refractivity contribution in [3.8, 4) is 5.75 Å². The number of aromatic nitrogens is 2. The number of carbonyl (C=O) groups is 1. The number of rotatable bonds is 8. The van der Waals surface area contributed by atoms with Crippen molar-refractivity contribution in [1.29, 1.82) is 0 Å². The number of hydrogen-bond acceptors (Lipinski definition) is 4. The second kappa shape index (κ2) is 10.1. The Bertz CT molecular complexity index is 668. The Kier molecular flexibility index (Phi) is 8.45. The van der Waals surface area contributed by atoms with E-state index < -0.39 is 0 Å². The fourth-order valence-corrected chi connectivity index (χ4v) is 2.49. The minimum Gasteiger partial charge on any atom is -0.492 e. The molecule has 0 atom stereocenters. The number of anilines is 1. The summed E-state index contributed by atoms with van der Waals surface area (Å²) < 4.78 is 7.35. The Morgan fingerprint density at radius 2 is 2.00 bits per heavy atom. The summed E-state index contributed by atoms with van der Waals surface area (Å²) in [7, 11) is 0. The van der Waals surface area contributed by atoms with Gasteiger partial charge in [0, 0.05) is 18.8 Å². The molecule has 0 aliphatic carbocycles. The van der Waals surface area contributed by atoms with Gasteiger partial charge in [-0.3, -0.25) is 9.48 Å². The molecule has 7 heteroatoms. The van der Waals surface area contributed by atoms with Crippen molar-refractivity contribution in [2.75, 3.05) is 18.5 Å². The Morgan fingerprint density at radius 3 is 2.56 bits per heavy atom. The highest BCUT2D eigenvalue weighted by Crippen LogP contribution is 2.18. The lowest BCUT2D eigenvalue weighted by molar-refractivity contribution is 0.102. The minimum absolute atomic E-state index is 0. The van der Waals surface area contributed by atoms with Crippen LogP contribution in [0.5, 0.6) is 5.75 Å². The molecule has 0 spiro atoms. The van der Waals surface area contributed by atoms with Crippen molar-refractivity contribution < 1.29 is 9.53 Å². The third-order valence-corrected chi connectivity index (χ3v) is 3.57. The van der Waals surface area contributed by atoms with Gasteiger partial charge in [0.2, 0.25) is 0 Å². The number of amides is 1. The molecule has 0 aliphatic rings. The summed E-state index contributed by atoms with van der Waals surface area (Å²) in [5.41, 5.74) is 7.72. The number of ether oxygens (including phenoxy) is 1. The number of nitrogens with one attached hydrogen (secondary N) is 1. The van der Waals surface area contributed by atoms with Gasteiger partial charge < -0.3 is 15.8 Å². The van der Waals surface area contributed by atoms with Gasteiger partial charge in [-0.2, -0.15) is 5.10 Å². The zero-order valence-electron chi connectivity index (χ0n) is 15.0. The van der Waals surface area contributed by atoms with Crippen LogP contribution in [0.2, 0.25) is 0 Å². The SMILES string of the molecule is CCc1c(C(=O)Nc2ccc(OCCN)cc2)cnn1CC(C)C.Cl. The third kappa shape index (κ3) is 5.76. The van der Waals surface area contributed by atoms with Crippen molar-refractivity contribution in [2.45, 2.75) is 33.7 Å². The summed E-state index contributed by atoms with van der Waals surface area (Å²) in [6, 6.07) is 7.25. The molecule has 0 fully saturated rings. The van der Waals surface area contributed by atoms with Gasteiger partial charge in [0.05, 0.1) is 17.5 Å². The highest BCUT2D eigenvalue weighted by atomic mass is 35.5. The maximum absolute atomic E-state index is 12.5. The molecule has 6 nitrogen and oxygen atoms in total.